The largest absolute Gasteiger partial charge is 0.448 e. The van der Waals surface area contributed by atoms with Crippen molar-refractivity contribution in [3.8, 4) is 0 Å². The van der Waals surface area contributed by atoms with Crippen molar-refractivity contribution in [1.29, 1.82) is 0 Å². The first-order valence-electron chi connectivity index (χ1n) is 4.19. The lowest BCUT2D eigenvalue weighted by atomic mass is 10.3. The summed E-state index contributed by atoms with van der Waals surface area (Å²) >= 11 is 0. The fourth-order valence-electron chi connectivity index (χ4n) is 0.889. The average molecular weight is 182 g/mol. The van der Waals surface area contributed by atoms with E-state index in [1.54, 1.807) is 12.1 Å². The van der Waals surface area contributed by atoms with E-state index in [2.05, 4.69) is 11.6 Å². The molecule has 0 aromatic carbocycles. The van der Waals surface area contributed by atoms with Gasteiger partial charge in [-0.3, -0.25) is 4.79 Å². The molecule has 1 aromatic rings. The van der Waals surface area contributed by atoms with Crippen molar-refractivity contribution in [2.45, 2.75) is 12.8 Å². The second kappa shape index (κ2) is 5.37. The monoisotopic (exact) mass is 182 g/mol. The molecular formula is C9H12NO3. The van der Waals surface area contributed by atoms with E-state index in [9.17, 15) is 4.79 Å². The SMILES string of the molecule is O=C(NCCCCO)c1cc[c]o1. The number of aliphatic hydroxyl groups excluding tert-OH is 1. The summed E-state index contributed by atoms with van der Waals surface area (Å²) in [5.74, 6) is 0.0307. The zero-order chi connectivity index (χ0) is 9.52. The molecule has 0 aliphatic heterocycles. The Morgan fingerprint density at radius 3 is 3.08 bits per heavy atom. The molecule has 0 unspecified atom stereocenters. The van der Waals surface area contributed by atoms with E-state index in [1.165, 1.54) is 0 Å². The second-order valence-corrected chi connectivity index (χ2v) is 2.60. The number of hydrogen-bond acceptors (Lipinski definition) is 3. The molecular weight excluding hydrogens is 170 g/mol. The van der Waals surface area contributed by atoms with Crippen molar-refractivity contribution in [3.63, 3.8) is 0 Å². The third-order valence-corrected chi connectivity index (χ3v) is 1.57. The van der Waals surface area contributed by atoms with Crippen LogP contribution in [0.4, 0.5) is 0 Å². The van der Waals surface area contributed by atoms with Crippen molar-refractivity contribution in [3.05, 3.63) is 24.2 Å². The standard InChI is InChI=1S/C9H12NO3/c11-6-2-1-5-10-9(12)8-4-3-7-13-8/h3-4,11H,1-2,5-6H2,(H,10,12). The van der Waals surface area contributed by atoms with Gasteiger partial charge in [0.05, 0.1) is 0 Å². The Balaban J connectivity index is 2.19. The van der Waals surface area contributed by atoms with Gasteiger partial charge in [0, 0.05) is 13.2 Å². The van der Waals surface area contributed by atoms with Gasteiger partial charge in [0.15, 0.2) is 12.0 Å². The summed E-state index contributed by atoms with van der Waals surface area (Å²) in [6, 6.07) is 3.10. The van der Waals surface area contributed by atoms with Crippen LogP contribution in [0.3, 0.4) is 0 Å². The molecule has 0 atom stereocenters. The van der Waals surface area contributed by atoms with E-state index >= 15 is 0 Å². The Hall–Kier alpha value is -1.29. The molecule has 0 saturated heterocycles. The lowest BCUT2D eigenvalue weighted by Gasteiger charge is -2.00. The van der Waals surface area contributed by atoms with Crippen LogP contribution in [-0.2, 0) is 0 Å². The fourth-order valence-corrected chi connectivity index (χ4v) is 0.889. The Kier molecular flexibility index (Phi) is 4.05. The highest BCUT2D eigenvalue weighted by molar-refractivity contribution is 5.91. The van der Waals surface area contributed by atoms with Gasteiger partial charge in [-0.2, -0.15) is 0 Å². The molecule has 0 aliphatic carbocycles. The molecule has 0 bridgehead atoms. The Labute approximate surface area is 76.6 Å². The van der Waals surface area contributed by atoms with E-state index in [4.69, 9.17) is 9.52 Å². The summed E-state index contributed by atoms with van der Waals surface area (Å²) in [7, 11) is 0. The average Bonchev–Trinajstić information content (AvgIpc) is 2.65. The third-order valence-electron chi connectivity index (χ3n) is 1.57. The minimum atomic E-state index is -0.237. The highest BCUT2D eigenvalue weighted by Crippen LogP contribution is 1.98. The quantitative estimate of drug-likeness (QED) is 0.655. The fraction of sp³-hybridized carbons (Fsp3) is 0.444. The van der Waals surface area contributed by atoms with Gasteiger partial charge in [-0.15, -0.1) is 0 Å². The number of hydrogen-bond donors (Lipinski definition) is 2. The molecule has 0 saturated carbocycles. The highest BCUT2D eigenvalue weighted by atomic mass is 16.3. The van der Waals surface area contributed by atoms with Crippen molar-refractivity contribution in [2.75, 3.05) is 13.2 Å². The molecule has 4 nitrogen and oxygen atoms in total. The predicted molar refractivity (Wildman–Crippen MR) is 46.2 cm³/mol. The maximum atomic E-state index is 11.2. The number of amides is 1. The minimum absolute atomic E-state index is 0.157. The maximum Gasteiger partial charge on any atom is 0.287 e. The maximum absolute atomic E-state index is 11.2. The number of unbranched alkanes of at least 4 members (excludes halogenated alkanes) is 1. The molecule has 2 N–H and O–H groups in total. The number of carbonyl (C=O) groups excluding carboxylic acids is 1. The Morgan fingerprint density at radius 1 is 1.62 bits per heavy atom. The van der Waals surface area contributed by atoms with E-state index in [-0.39, 0.29) is 18.3 Å². The summed E-state index contributed by atoms with van der Waals surface area (Å²) in [5, 5.41) is 11.1. The lowest BCUT2D eigenvalue weighted by Crippen LogP contribution is -2.24. The van der Waals surface area contributed by atoms with Crippen molar-refractivity contribution >= 4 is 5.91 Å². The van der Waals surface area contributed by atoms with Crippen molar-refractivity contribution in [1.82, 2.24) is 5.32 Å². The molecule has 1 radical (unpaired) electrons. The van der Waals surface area contributed by atoms with Crippen LogP contribution in [-0.4, -0.2) is 24.2 Å². The van der Waals surface area contributed by atoms with Gasteiger partial charge >= 0.3 is 0 Å². The number of rotatable bonds is 5. The second-order valence-electron chi connectivity index (χ2n) is 2.60. The van der Waals surface area contributed by atoms with Crippen molar-refractivity contribution in [2.24, 2.45) is 0 Å². The summed E-state index contributed by atoms with van der Waals surface area (Å²) in [6.07, 6.45) is 3.91. The zero-order valence-corrected chi connectivity index (χ0v) is 7.25. The zero-order valence-electron chi connectivity index (χ0n) is 7.25. The van der Waals surface area contributed by atoms with Crippen LogP contribution in [0.25, 0.3) is 0 Å². The molecule has 1 heterocycles. The molecule has 0 spiro atoms. The summed E-state index contributed by atoms with van der Waals surface area (Å²) in [4.78, 5) is 11.2. The van der Waals surface area contributed by atoms with Gasteiger partial charge in [-0.25, -0.2) is 0 Å². The van der Waals surface area contributed by atoms with Crippen LogP contribution in [0.5, 0.6) is 0 Å². The van der Waals surface area contributed by atoms with Gasteiger partial charge in [-0.1, -0.05) is 0 Å². The summed E-state index contributed by atoms with van der Waals surface area (Å²) in [6.45, 7) is 0.713. The van der Waals surface area contributed by atoms with E-state index in [0.29, 0.717) is 13.0 Å². The lowest BCUT2D eigenvalue weighted by molar-refractivity contribution is 0.0924. The third kappa shape index (κ3) is 3.29. The van der Waals surface area contributed by atoms with Gasteiger partial charge in [0.25, 0.3) is 5.91 Å². The van der Waals surface area contributed by atoms with E-state index in [1.807, 2.05) is 0 Å². The number of aliphatic hydroxyl groups is 1. The van der Waals surface area contributed by atoms with Gasteiger partial charge < -0.3 is 14.8 Å². The smallest absolute Gasteiger partial charge is 0.287 e. The molecule has 71 valence electrons. The molecule has 13 heavy (non-hydrogen) atoms. The van der Waals surface area contributed by atoms with Crippen LogP contribution in [0.1, 0.15) is 23.4 Å². The van der Waals surface area contributed by atoms with Gasteiger partial charge in [0.1, 0.15) is 0 Å². The first-order valence-corrected chi connectivity index (χ1v) is 4.19. The number of carbonyl (C=O) groups is 1. The molecule has 1 rings (SSSR count). The molecule has 0 fully saturated rings. The van der Waals surface area contributed by atoms with Gasteiger partial charge in [0.2, 0.25) is 0 Å². The summed E-state index contributed by atoms with van der Waals surface area (Å²) in [5.41, 5.74) is 0. The van der Waals surface area contributed by atoms with Crippen LogP contribution < -0.4 is 5.32 Å². The van der Waals surface area contributed by atoms with Gasteiger partial charge in [-0.05, 0) is 25.0 Å². The predicted octanol–water partition coefficient (Wildman–Crippen LogP) is 0.582. The van der Waals surface area contributed by atoms with E-state index in [0.717, 1.165) is 6.42 Å². The first-order chi connectivity index (χ1) is 6.34. The topological polar surface area (TPSA) is 62.5 Å². The Morgan fingerprint density at radius 2 is 2.46 bits per heavy atom. The van der Waals surface area contributed by atoms with Crippen LogP contribution >= 0.6 is 0 Å². The first kappa shape index (κ1) is 9.80. The molecule has 1 amide bonds. The minimum Gasteiger partial charge on any atom is -0.448 e. The van der Waals surface area contributed by atoms with Crippen LogP contribution in [0.15, 0.2) is 16.5 Å². The molecule has 0 aliphatic rings. The van der Waals surface area contributed by atoms with Crippen molar-refractivity contribution < 1.29 is 14.3 Å². The van der Waals surface area contributed by atoms with Crippen LogP contribution in [0.2, 0.25) is 0 Å². The normalized spacial score (nSPS) is 9.92. The number of nitrogens with one attached hydrogen (secondary N) is 1. The molecule has 4 heteroatoms. The summed E-state index contributed by atoms with van der Waals surface area (Å²) < 4.78 is 4.77. The number of furan rings is 1. The Bertz CT molecular complexity index is 243. The molecule has 1 aromatic heterocycles. The highest BCUT2D eigenvalue weighted by Gasteiger charge is 2.06. The van der Waals surface area contributed by atoms with E-state index < -0.39 is 0 Å². The van der Waals surface area contributed by atoms with Crippen LogP contribution in [0, 0.1) is 6.26 Å².